The van der Waals surface area contributed by atoms with Crippen molar-refractivity contribution in [2.45, 2.75) is 21.6 Å². The van der Waals surface area contributed by atoms with Gasteiger partial charge in [-0.25, -0.2) is 8.42 Å². The van der Waals surface area contributed by atoms with Gasteiger partial charge in [0.2, 0.25) is 0 Å². The minimum Gasteiger partial charge on any atom is -0.505 e. The van der Waals surface area contributed by atoms with Crippen LogP contribution in [0.25, 0.3) is 10.8 Å². The lowest BCUT2D eigenvalue weighted by Gasteiger charge is -2.16. The summed E-state index contributed by atoms with van der Waals surface area (Å²) in [4.78, 5) is -2.02. The molecular formula is C23H18ClN3O9S3. The van der Waals surface area contributed by atoms with Gasteiger partial charge in [-0.05, 0) is 60.8 Å². The van der Waals surface area contributed by atoms with E-state index in [-0.39, 0.29) is 21.0 Å². The van der Waals surface area contributed by atoms with Crippen LogP contribution in [0.1, 0.15) is 5.56 Å². The quantitative estimate of drug-likeness (QED) is 0.160. The molecule has 0 bridgehead atoms. The van der Waals surface area contributed by atoms with Gasteiger partial charge in [0.25, 0.3) is 30.3 Å². The van der Waals surface area contributed by atoms with Gasteiger partial charge in [-0.2, -0.15) is 21.9 Å². The number of aromatic hydroxyl groups is 1. The van der Waals surface area contributed by atoms with Crippen molar-refractivity contribution in [3.8, 4) is 5.75 Å². The van der Waals surface area contributed by atoms with E-state index in [0.29, 0.717) is 0 Å². The van der Waals surface area contributed by atoms with Crippen LogP contribution in [0.5, 0.6) is 5.75 Å². The van der Waals surface area contributed by atoms with Crippen LogP contribution in [0.15, 0.2) is 91.6 Å². The van der Waals surface area contributed by atoms with Crippen LogP contribution < -0.4 is 4.72 Å². The maximum Gasteiger partial charge on any atom is 0.296 e. The number of hydrogen-bond acceptors (Lipinski definition) is 9. The monoisotopic (exact) mass is 611 g/mol. The first-order chi connectivity index (χ1) is 18.1. The average molecular weight is 612 g/mol. The van der Waals surface area contributed by atoms with Gasteiger partial charge in [-0.15, -0.1) is 5.11 Å². The molecule has 0 heterocycles. The van der Waals surface area contributed by atoms with Crippen LogP contribution in [-0.2, 0) is 30.3 Å². The van der Waals surface area contributed by atoms with E-state index in [2.05, 4.69) is 15.0 Å². The summed E-state index contributed by atoms with van der Waals surface area (Å²) in [5.41, 5.74) is -0.414. The van der Waals surface area contributed by atoms with E-state index in [9.17, 15) is 39.5 Å². The Labute approximate surface area is 228 Å². The number of rotatable bonds is 7. The SMILES string of the molecule is Cc1ccc(S(=O)(=O)Nc2cc(S(=O)(=O)O)cc3cc(S(=O)(=O)O)c(/N=N\c4cccc(Cl)c4)c(O)c23)cc1. The standard InChI is InChI=1S/C23H18ClN3O9S3/c1-13-5-7-17(8-6-13)37(29,30)27-19-12-18(38(31,32)33)9-14-10-20(39(34,35)36)22(23(28)21(14)19)26-25-16-4-2-3-15(24)11-16/h2-12,27-28H,1H3,(H,31,32,33)(H,34,35,36)/b26-25-. The summed E-state index contributed by atoms with van der Waals surface area (Å²) in [6.07, 6.45) is 0. The van der Waals surface area contributed by atoms with Crippen LogP contribution in [0, 0.1) is 6.92 Å². The van der Waals surface area contributed by atoms with Gasteiger partial charge in [0.1, 0.15) is 10.6 Å². The highest BCUT2D eigenvalue weighted by atomic mass is 35.5. The Kier molecular flexibility index (Phi) is 7.41. The topological polar surface area (TPSA) is 200 Å². The van der Waals surface area contributed by atoms with E-state index < -0.39 is 62.6 Å². The van der Waals surface area contributed by atoms with Crippen molar-refractivity contribution >= 4 is 69.7 Å². The molecule has 204 valence electrons. The number of nitrogens with one attached hydrogen (secondary N) is 1. The molecule has 0 unspecified atom stereocenters. The third-order valence-corrected chi connectivity index (χ3v) is 8.66. The fraction of sp³-hybridized carbons (Fsp3) is 0.0435. The zero-order chi connectivity index (χ0) is 28.8. The van der Waals surface area contributed by atoms with Crippen molar-refractivity contribution in [2.75, 3.05) is 4.72 Å². The highest BCUT2D eigenvalue weighted by molar-refractivity contribution is 7.92. The van der Waals surface area contributed by atoms with E-state index in [1.54, 1.807) is 6.92 Å². The van der Waals surface area contributed by atoms with Crippen molar-refractivity contribution in [3.05, 3.63) is 77.3 Å². The average Bonchev–Trinajstić information content (AvgIpc) is 2.82. The van der Waals surface area contributed by atoms with E-state index in [1.807, 2.05) is 0 Å². The second-order valence-electron chi connectivity index (χ2n) is 8.19. The summed E-state index contributed by atoms with van der Waals surface area (Å²) in [6.45, 7) is 1.73. The van der Waals surface area contributed by atoms with Gasteiger partial charge in [0.05, 0.1) is 26.6 Å². The molecule has 0 fully saturated rings. The number of halogens is 1. The maximum absolute atomic E-state index is 13.1. The number of aryl methyl sites for hydroxylation is 1. The lowest BCUT2D eigenvalue weighted by molar-refractivity contribution is 0.472. The van der Waals surface area contributed by atoms with E-state index in [4.69, 9.17) is 11.6 Å². The highest BCUT2D eigenvalue weighted by Gasteiger charge is 2.27. The molecule has 0 saturated carbocycles. The smallest absolute Gasteiger partial charge is 0.296 e. The number of phenolic OH excluding ortho intramolecular Hbond substituents is 1. The molecule has 0 aromatic heterocycles. The van der Waals surface area contributed by atoms with Crippen LogP contribution in [0.3, 0.4) is 0 Å². The molecule has 0 spiro atoms. The number of anilines is 1. The number of fused-ring (bicyclic) bond motifs is 1. The van der Waals surface area contributed by atoms with Gasteiger partial charge >= 0.3 is 0 Å². The third-order valence-electron chi connectivity index (χ3n) is 5.35. The maximum atomic E-state index is 13.1. The predicted molar refractivity (Wildman–Crippen MR) is 143 cm³/mol. The Balaban J connectivity index is 2.03. The molecule has 0 aliphatic carbocycles. The summed E-state index contributed by atoms with van der Waals surface area (Å²) in [7, 11) is -14.4. The molecule has 4 rings (SSSR count). The van der Waals surface area contributed by atoms with Crippen molar-refractivity contribution < 1.29 is 39.5 Å². The lowest BCUT2D eigenvalue weighted by Crippen LogP contribution is -2.14. The van der Waals surface area contributed by atoms with Crippen LogP contribution in [0.4, 0.5) is 17.1 Å². The third kappa shape index (κ3) is 6.19. The summed E-state index contributed by atoms with van der Waals surface area (Å²) >= 11 is 5.91. The number of sulfonamides is 1. The molecule has 0 amide bonds. The van der Waals surface area contributed by atoms with Crippen LogP contribution >= 0.6 is 11.6 Å². The first-order valence-electron chi connectivity index (χ1n) is 10.6. The molecule has 0 atom stereocenters. The molecule has 4 N–H and O–H groups in total. The molecule has 39 heavy (non-hydrogen) atoms. The second-order valence-corrected chi connectivity index (χ2v) is 13.1. The summed E-state index contributed by atoms with van der Waals surface area (Å²) in [5.74, 6) is -0.964. The first-order valence-corrected chi connectivity index (χ1v) is 15.4. The zero-order valence-corrected chi connectivity index (χ0v) is 22.8. The van der Waals surface area contributed by atoms with Crippen molar-refractivity contribution in [3.63, 3.8) is 0 Å². The van der Waals surface area contributed by atoms with Gasteiger partial charge < -0.3 is 5.11 Å². The van der Waals surface area contributed by atoms with Gasteiger partial charge in [0, 0.05) is 5.02 Å². The zero-order valence-electron chi connectivity index (χ0n) is 19.6. The molecule has 0 aliphatic rings. The molecule has 0 radical (unpaired) electrons. The van der Waals surface area contributed by atoms with Crippen molar-refractivity contribution in [1.29, 1.82) is 0 Å². The fourth-order valence-electron chi connectivity index (χ4n) is 3.55. The molecule has 12 nitrogen and oxygen atoms in total. The summed E-state index contributed by atoms with van der Waals surface area (Å²) in [6, 6.07) is 13.8. The van der Waals surface area contributed by atoms with Gasteiger partial charge in [-0.1, -0.05) is 35.4 Å². The second kappa shape index (κ2) is 10.2. The Morgan fingerprint density at radius 1 is 0.795 bits per heavy atom. The Morgan fingerprint density at radius 2 is 1.46 bits per heavy atom. The number of phenols is 1. The molecule has 4 aromatic carbocycles. The van der Waals surface area contributed by atoms with Crippen LogP contribution in [-0.4, -0.2) is 39.5 Å². The Hall–Kier alpha value is -3.60. The molecule has 0 saturated heterocycles. The minimum absolute atomic E-state index is 0.144. The van der Waals surface area contributed by atoms with Crippen molar-refractivity contribution in [2.24, 2.45) is 10.2 Å². The summed E-state index contributed by atoms with van der Waals surface area (Å²) in [5, 5.41) is 18.2. The number of benzene rings is 4. The van der Waals surface area contributed by atoms with E-state index in [0.717, 1.165) is 23.8 Å². The largest absolute Gasteiger partial charge is 0.505 e. The number of hydrogen-bond donors (Lipinski definition) is 4. The Bertz CT molecular complexity index is 1980. The van der Waals surface area contributed by atoms with Crippen LogP contribution in [0.2, 0.25) is 5.02 Å². The normalized spacial score (nSPS) is 12.7. The van der Waals surface area contributed by atoms with Gasteiger partial charge in [0.15, 0.2) is 5.75 Å². The molecular weight excluding hydrogens is 594 g/mol. The minimum atomic E-state index is -5.09. The number of azo groups is 1. The summed E-state index contributed by atoms with van der Waals surface area (Å²) < 4.78 is 95.9. The molecule has 4 aromatic rings. The van der Waals surface area contributed by atoms with E-state index >= 15 is 0 Å². The fourth-order valence-corrected chi connectivity index (χ4v) is 6.00. The Morgan fingerprint density at radius 3 is 2.05 bits per heavy atom. The van der Waals surface area contributed by atoms with Crippen molar-refractivity contribution in [1.82, 2.24) is 0 Å². The highest BCUT2D eigenvalue weighted by Crippen LogP contribution is 2.45. The molecule has 0 aliphatic heterocycles. The lowest BCUT2D eigenvalue weighted by atomic mass is 10.1. The van der Waals surface area contributed by atoms with E-state index in [1.165, 1.54) is 48.5 Å². The number of nitrogens with zero attached hydrogens (tertiary/aromatic N) is 2. The first kappa shape index (κ1) is 28.4. The predicted octanol–water partition coefficient (Wildman–Crippen LogP) is 5.22. The molecule has 16 heteroatoms. The van der Waals surface area contributed by atoms with Gasteiger partial charge in [-0.3, -0.25) is 13.8 Å².